The van der Waals surface area contributed by atoms with Crippen LogP contribution in [0.1, 0.15) is 38.2 Å². The van der Waals surface area contributed by atoms with Crippen molar-refractivity contribution in [2.24, 2.45) is 5.92 Å². The van der Waals surface area contributed by atoms with Crippen molar-refractivity contribution in [1.82, 2.24) is 0 Å². The number of ketones is 1. The van der Waals surface area contributed by atoms with Crippen molar-refractivity contribution in [3.05, 3.63) is 42.5 Å². The number of carbonyl (C=O) groups excluding carboxylic acids is 1. The standard InChI is InChI=1S/C15H20O2/c1-4-7-15(17)11(3)14(5-2)12-8-6-9-13(16)10-12/h5-6,8-11,14,16H,2,4,7H2,1,3H3/t11-,14-/m1/s1. The second kappa shape index (κ2) is 6.24. The summed E-state index contributed by atoms with van der Waals surface area (Å²) in [5.74, 6) is 0.362. The smallest absolute Gasteiger partial charge is 0.136 e. The zero-order valence-corrected chi connectivity index (χ0v) is 10.5. The predicted molar refractivity (Wildman–Crippen MR) is 70.1 cm³/mol. The van der Waals surface area contributed by atoms with E-state index in [1.807, 2.05) is 19.9 Å². The molecule has 0 saturated carbocycles. The molecule has 17 heavy (non-hydrogen) atoms. The SMILES string of the molecule is C=C[C@@H](c1cccc(O)c1)[C@@H](C)C(=O)CCC. The van der Waals surface area contributed by atoms with Gasteiger partial charge in [0, 0.05) is 18.3 Å². The molecule has 0 saturated heterocycles. The highest BCUT2D eigenvalue weighted by Crippen LogP contribution is 2.29. The van der Waals surface area contributed by atoms with E-state index in [1.165, 1.54) is 0 Å². The zero-order chi connectivity index (χ0) is 12.8. The minimum Gasteiger partial charge on any atom is -0.508 e. The number of rotatable bonds is 6. The lowest BCUT2D eigenvalue weighted by atomic mass is 9.83. The first-order valence-electron chi connectivity index (χ1n) is 6.04. The molecule has 0 aliphatic heterocycles. The Morgan fingerprint density at radius 2 is 2.24 bits per heavy atom. The van der Waals surface area contributed by atoms with E-state index in [2.05, 4.69) is 6.58 Å². The third-order valence-electron chi connectivity index (χ3n) is 3.05. The lowest BCUT2D eigenvalue weighted by molar-refractivity contribution is -0.122. The molecule has 2 heteroatoms. The molecule has 1 aromatic carbocycles. The van der Waals surface area contributed by atoms with Crippen LogP contribution in [0.2, 0.25) is 0 Å². The summed E-state index contributed by atoms with van der Waals surface area (Å²) in [7, 11) is 0. The molecule has 0 fully saturated rings. The Balaban J connectivity index is 2.91. The largest absolute Gasteiger partial charge is 0.508 e. The second-order valence-corrected chi connectivity index (χ2v) is 4.36. The van der Waals surface area contributed by atoms with Crippen molar-refractivity contribution >= 4 is 5.78 Å². The Hall–Kier alpha value is -1.57. The average molecular weight is 232 g/mol. The normalized spacial score (nSPS) is 14.0. The van der Waals surface area contributed by atoms with Crippen LogP contribution < -0.4 is 0 Å². The van der Waals surface area contributed by atoms with E-state index in [4.69, 9.17) is 0 Å². The Kier molecular flexibility index (Phi) is 4.95. The Bertz CT molecular complexity index is 396. The molecule has 2 atom stereocenters. The van der Waals surface area contributed by atoms with Crippen molar-refractivity contribution in [3.63, 3.8) is 0 Å². The summed E-state index contributed by atoms with van der Waals surface area (Å²) < 4.78 is 0. The fraction of sp³-hybridized carbons (Fsp3) is 0.400. The quantitative estimate of drug-likeness (QED) is 0.760. The number of aromatic hydroxyl groups is 1. The van der Waals surface area contributed by atoms with Crippen LogP contribution in [0, 0.1) is 5.92 Å². The third-order valence-corrected chi connectivity index (χ3v) is 3.05. The number of phenols is 1. The fourth-order valence-electron chi connectivity index (χ4n) is 2.04. The van der Waals surface area contributed by atoms with E-state index in [0.717, 1.165) is 12.0 Å². The van der Waals surface area contributed by atoms with Gasteiger partial charge in [-0.25, -0.2) is 0 Å². The minimum atomic E-state index is -0.0887. The van der Waals surface area contributed by atoms with Crippen LogP contribution >= 0.6 is 0 Å². The molecule has 0 aromatic heterocycles. The summed E-state index contributed by atoms with van der Waals surface area (Å²) in [6.07, 6.45) is 3.25. The van der Waals surface area contributed by atoms with Crippen LogP contribution in [0.3, 0.4) is 0 Å². The molecule has 0 radical (unpaired) electrons. The lowest BCUT2D eigenvalue weighted by Crippen LogP contribution is -2.17. The maximum atomic E-state index is 11.9. The number of hydrogen-bond acceptors (Lipinski definition) is 2. The van der Waals surface area contributed by atoms with Gasteiger partial charge >= 0.3 is 0 Å². The van der Waals surface area contributed by atoms with Gasteiger partial charge in [0.15, 0.2) is 0 Å². The number of Topliss-reactive ketones (excluding diaryl/α,β-unsaturated/α-hetero) is 1. The van der Waals surface area contributed by atoms with Crippen LogP contribution in [0.25, 0.3) is 0 Å². The highest BCUT2D eigenvalue weighted by molar-refractivity contribution is 5.81. The van der Waals surface area contributed by atoms with Gasteiger partial charge < -0.3 is 5.11 Å². The van der Waals surface area contributed by atoms with E-state index in [1.54, 1.807) is 24.3 Å². The molecule has 0 amide bonds. The monoisotopic (exact) mass is 232 g/mol. The van der Waals surface area contributed by atoms with E-state index in [-0.39, 0.29) is 23.4 Å². The summed E-state index contributed by atoms with van der Waals surface area (Å²) in [4.78, 5) is 11.9. The summed E-state index contributed by atoms with van der Waals surface area (Å²) in [6.45, 7) is 7.72. The summed E-state index contributed by atoms with van der Waals surface area (Å²) >= 11 is 0. The van der Waals surface area contributed by atoms with Crippen molar-refractivity contribution < 1.29 is 9.90 Å². The van der Waals surface area contributed by atoms with Crippen molar-refractivity contribution in [2.75, 3.05) is 0 Å². The van der Waals surface area contributed by atoms with Crippen LogP contribution in [0.5, 0.6) is 5.75 Å². The number of benzene rings is 1. The number of carbonyl (C=O) groups is 1. The molecule has 2 nitrogen and oxygen atoms in total. The van der Waals surface area contributed by atoms with Crippen LogP contribution in [-0.4, -0.2) is 10.9 Å². The predicted octanol–water partition coefficient (Wildman–Crippen LogP) is 3.67. The molecule has 0 aliphatic carbocycles. The molecule has 92 valence electrons. The first kappa shape index (κ1) is 13.5. The average Bonchev–Trinajstić information content (AvgIpc) is 2.30. The number of allylic oxidation sites excluding steroid dienone is 1. The first-order chi connectivity index (χ1) is 8.10. The van der Waals surface area contributed by atoms with Gasteiger partial charge in [0.05, 0.1) is 0 Å². The van der Waals surface area contributed by atoms with Crippen molar-refractivity contribution in [3.8, 4) is 5.75 Å². The van der Waals surface area contributed by atoms with Crippen LogP contribution in [0.4, 0.5) is 0 Å². The number of phenolic OH excluding ortho intramolecular Hbond substituents is 1. The van der Waals surface area contributed by atoms with E-state index >= 15 is 0 Å². The molecular formula is C15H20O2. The molecule has 0 spiro atoms. The Morgan fingerprint density at radius 3 is 2.76 bits per heavy atom. The second-order valence-electron chi connectivity index (χ2n) is 4.36. The van der Waals surface area contributed by atoms with Gasteiger partial charge in [-0.05, 0) is 24.1 Å². The van der Waals surface area contributed by atoms with Gasteiger partial charge in [-0.1, -0.05) is 32.1 Å². The number of hydrogen-bond donors (Lipinski definition) is 1. The van der Waals surface area contributed by atoms with Gasteiger partial charge in [-0.2, -0.15) is 0 Å². The topological polar surface area (TPSA) is 37.3 Å². The highest BCUT2D eigenvalue weighted by Gasteiger charge is 2.22. The molecule has 1 aromatic rings. The summed E-state index contributed by atoms with van der Waals surface area (Å²) in [5, 5.41) is 9.46. The van der Waals surface area contributed by atoms with E-state index in [9.17, 15) is 9.90 Å². The molecule has 0 aliphatic rings. The van der Waals surface area contributed by atoms with Crippen molar-refractivity contribution in [1.29, 1.82) is 0 Å². The van der Waals surface area contributed by atoms with Gasteiger partial charge in [0.2, 0.25) is 0 Å². The third kappa shape index (κ3) is 3.45. The molecule has 0 heterocycles. The molecular weight excluding hydrogens is 212 g/mol. The molecule has 0 unspecified atom stereocenters. The van der Waals surface area contributed by atoms with E-state index < -0.39 is 0 Å². The van der Waals surface area contributed by atoms with Crippen LogP contribution in [-0.2, 0) is 4.79 Å². The lowest BCUT2D eigenvalue weighted by Gasteiger charge is -2.20. The minimum absolute atomic E-state index is 0.0267. The summed E-state index contributed by atoms with van der Waals surface area (Å²) in [6, 6.07) is 7.03. The first-order valence-corrected chi connectivity index (χ1v) is 6.04. The summed E-state index contributed by atoms with van der Waals surface area (Å²) in [5.41, 5.74) is 0.942. The molecule has 0 bridgehead atoms. The van der Waals surface area contributed by atoms with Gasteiger partial charge in [0.1, 0.15) is 11.5 Å². The van der Waals surface area contributed by atoms with Crippen molar-refractivity contribution in [2.45, 2.75) is 32.6 Å². The molecule has 1 rings (SSSR count). The van der Waals surface area contributed by atoms with Gasteiger partial charge in [-0.15, -0.1) is 6.58 Å². The maximum absolute atomic E-state index is 11.9. The van der Waals surface area contributed by atoms with Gasteiger partial charge in [-0.3, -0.25) is 4.79 Å². The van der Waals surface area contributed by atoms with E-state index in [0.29, 0.717) is 6.42 Å². The zero-order valence-electron chi connectivity index (χ0n) is 10.5. The molecule has 1 N–H and O–H groups in total. The Morgan fingerprint density at radius 1 is 1.53 bits per heavy atom. The van der Waals surface area contributed by atoms with Gasteiger partial charge in [0.25, 0.3) is 0 Å². The fourth-order valence-corrected chi connectivity index (χ4v) is 2.04. The Labute approximate surface area is 103 Å². The maximum Gasteiger partial charge on any atom is 0.136 e. The highest BCUT2D eigenvalue weighted by atomic mass is 16.3. The van der Waals surface area contributed by atoms with Crippen LogP contribution in [0.15, 0.2) is 36.9 Å².